The number of hydrogen-bond donors (Lipinski definition) is 1. The van der Waals surface area contributed by atoms with Crippen molar-refractivity contribution in [1.82, 2.24) is 5.32 Å². The normalized spacial score (nSPS) is 12.1. The summed E-state index contributed by atoms with van der Waals surface area (Å²) in [6.07, 6.45) is 0. The topological polar surface area (TPSA) is 55.4 Å². The Labute approximate surface area is 143 Å². The second kappa shape index (κ2) is 9.60. The largest absolute Gasteiger partial charge is 0.494 e. The van der Waals surface area contributed by atoms with Crippen LogP contribution in [-0.4, -0.2) is 30.1 Å². The Balaban J connectivity index is 2.63. The Hall–Kier alpha value is -1.49. The molecule has 1 rings (SSSR count). The van der Waals surface area contributed by atoms with Crippen LogP contribution in [0.5, 0.6) is 5.75 Å². The van der Waals surface area contributed by atoms with Gasteiger partial charge >= 0.3 is 0 Å². The number of thioether (sulfide) groups is 1. The molecule has 0 aliphatic carbocycles. The van der Waals surface area contributed by atoms with Gasteiger partial charge in [-0.25, -0.2) is 0 Å². The number of amides is 1. The van der Waals surface area contributed by atoms with E-state index in [1.165, 1.54) is 11.8 Å². The van der Waals surface area contributed by atoms with Crippen LogP contribution in [0.15, 0.2) is 18.2 Å². The zero-order valence-corrected chi connectivity index (χ0v) is 15.5. The Kier molecular flexibility index (Phi) is 8.17. The molecule has 0 aliphatic heterocycles. The van der Waals surface area contributed by atoms with Crippen LogP contribution in [-0.2, 0) is 10.5 Å². The predicted molar refractivity (Wildman–Crippen MR) is 96.2 cm³/mol. The van der Waals surface area contributed by atoms with Crippen LogP contribution in [0, 0.1) is 5.92 Å². The zero-order chi connectivity index (χ0) is 17.4. The van der Waals surface area contributed by atoms with Gasteiger partial charge in [-0.15, -0.1) is 11.8 Å². The number of hydrogen-bond acceptors (Lipinski definition) is 4. The van der Waals surface area contributed by atoms with E-state index in [9.17, 15) is 9.59 Å². The van der Waals surface area contributed by atoms with E-state index in [0.29, 0.717) is 29.6 Å². The van der Waals surface area contributed by atoms with Crippen LogP contribution in [0.2, 0.25) is 0 Å². The van der Waals surface area contributed by atoms with Gasteiger partial charge in [0.25, 0.3) is 0 Å². The van der Waals surface area contributed by atoms with Crippen LogP contribution >= 0.6 is 11.8 Å². The molecule has 4 nitrogen and oxygen atoms in total. The van der Waals surface area contributed by atoms with Gasteiger partial charge in [-0.05, 0) is 44.9 Å². The van der Waals surface area contributed by atoms with Crippen molar-refractivity contribution in [2.75, 3.05) is 12.4 Å². The first kappa shape index (κ1) is 19.6. The highest BCUT2D eigenvalue weighted by molar-refractivity contribution is 7.99. The standard InChI is InChI=1S/C18H27NO3S/c1-6-22-17-8-7-15(14(5)20)9-16(17)10-23-11-18(21)19-13(4)12(2)3/h7-9,12-13H,6,10-11H2,1-5H3,(H,19,21)/t13-/m1/s1. The van der Waals surface area contributed by atoms with E-state index in [-0.39, 0.29) is 17.7 Å². The fourth-order valence-electron chi connectivity index (χ4n) is 1.92. The number of nitrogens with one attached hydrogen (secondary N) is 1. The second-order valence-electron chi connectivity index (χ2n) is 5.90. The quantitative estimate of drug-likeness (QED) is 0.698. The molecule has 0 heterocycles. The maximum absolute atomic E-state index is 11.9. The Bertz CT molecular complexity index is 543. The third kappa shape index (κ3) is 6.65. The van der Waals surface area contributed by atoms with Gasteiger partial charge in [-0.2, -0.15) is 0 Å². The molecule has 0 spiro atoms. The number of benzene rings is 1. The van der Waals surface area contributed by atoms with E-state index in [2.05, 4.69) is 19.2 Å². The van der Waals surface area contributed by atoms with Crippen LogP contribution in [0.4, 0.5) is 0 Å². The molecule has 0 saturated carbocycles. The Morgan fingerprint density at radius 1 is 1.26 bits per heavy atom. The lowest BCUT2D eigenvalue weighted by atomic mass is 10.1. The highest BCUT2D eigenvalue weighted by Gasteiger charge is 2.12. The van der Waals surface area contributed by atoms with E-state index < -0.39 is 0 Å². The molecule has 0 saturated heterocycles. The van der Waals surface area contributed by atoms with Crippen molar-refractivity contribution in [2.24, 2.45) is 5.92 Å². The molecule has 0 bridgehead atoms. The number of carbonyl (C=O) groups is 2. The molecule has 1 aromatic carbocycles. The molecule has 0 fully saturated rings. The van der Waals surface area contributed by atoms with Crippen molar-refractivity contribution >= 4 is 23.5 Å². The number of Topliss-reactive ketones (excluding diaryl/α,β-unsaturated/α-hetero) is 1. The summed E-state index contributed by atoms with van der Waals surface area (Å²) in [5, 5.41) is 2.99. The molecule has 1 atom stereocenters. The maximum Gasteiger partial charge on any atom is 0.230 e. The average molecular weight is 337 g/mol. The van der Waals surface area contributed by atoms with Crippen molar-refractivity contribution in [3.63, 3.8) is 0 Å². The summed E-state index contributed by atoms with van der Waals surface area (Å²) in [5.74, 6) is 2.30. The van der Waals surface area contributed by atoms with Crippen molar-refractivity contribution in [1.29, 1.82) is 0 Å². The monoisotopic (exact) mass is 337 g/mol. The Morgan fingerprint density at radius 3 is 2.52 bits per heavy atom. The zero-order valence-electron chi connectivity index (χ0n) is 14.6. The number of ketones is 1. The molecule has 0 unspecified atom stereocenters. The molecule has 5 heteroatoms. The van der Waals surface area contributed by atoms with E-state index in [1.54, 1.807) is 13.0 Å². The first-order valence-electron chi connectivity index (χ1n) is 7.98. The van der Waals surface area contributed by atoms with Crippen molar-refractivity contribution in [2.45, 2.75) is 46.4 Å². The van der Waals surface area contributed by atoms with Crippen molar-refractivity contribution < 1.29 is 14.3 Å². The molecule has 0 aromatic heterocycles. The van der Waals surface area contributed by atoms with E-state index in [4.69, 9.17) is 4.74 Å². The molecule has 23 heavy (non-hydrogen) atoms. The van der Waals surface area contributed by atoms with Crippen molar-refractivity contribution in [3.8, 4) is 5.75 Å². The highest BCUT2D eigenvalue weighted by Crippen LogP contribution is 2.25. The van der Waals surface area contributed by atoms with Gasteiger partial charge in [0.15, 0.2) is 5.78 Å². The number of ether oxygens (including phenoxy) is 1. The maximum atomic E-state index is 11.9. The SMILES string of the molecule is CCOc1ccc(C(C)=O)cc1CSCC(=O)N[C@H](C)C(C)C. The van der Waals surface area contributed by atoms with E-state index in [0.717, 1.165) is 11.3 Å². The summed E-state index contributed by atoms with van der Waals surface area (Å²) < 4.78 is 5.60. The predicted octanol–water partition coefficient (Wildman–Crippen LogP) is 3.68. The first-order valence-corrected chi connectivity index (χ1v) is 9.14. The minimum atomic E-state index is 0.0304. The highest BCUT2D eigenvalue weighted by atomic mass is 32.2. The van der Waals surface area contributed by atoms with Crippen LogP contribution in [0.25, 0.3) is 0 Å². The molecule has 1 aromatic rings. The summed E-state index contributed by atoms with van der Waals surface area (Å²) >= 11 is 1.53. The van der Waals surface area contributed by atoms with Gasteiger partial charge in [0, 0.05) is 22.9 Å². The summed E-state index contributed by atoms with van der Waals surface area (Å²) in [6, 6.07) is 5.63. The smallest absolute Gasteiger partial charge is 0.230 e. The van der Waals surface area contributed by atoms with Crippen LogP contribution in [0.1, 0.15) is 50.5 Å². The fraction of sp³-hybridized carbons (Fsp3) is 0.556. The van der Waals surface area contributed by atoms with Gasteiger partial charge in [0.1, 0.15) is 5.75 Å². The molecule has 1 amide bonds. The molecule has 0 radical (unpaired) electrons. The molecule has 128 valence electrons. The summed E-state index contributed by atoms with van der Waals surface area (Å²) in [5.41, 5.74) is 1.62. The van der Waals surface area contributed by atoms with Gasteiger partial charge in [-0.1, -0.05) is 13.8 Å². The summed E-state index contributed by atoms with van der Waals surface area (Å²) in [4.78, 5) is 23.4. The first-order chi connectivity index (χ1) is 10.8. The molecular formula is C18H27NO3S. The third-order valence-electron chi connectivity index (χ3n) is 3.65. The lowest BCUT2D eigenvalue weighted by Crippen LogP contribution is -2.37. The third-order valence-corrected chi connectivity index (χ3v) is 4.63. The van der Waals surface area contributed by atoms with Crippen molar-refractivity contribution in [3.05, 3.63) is 29.3 Å². The summed E-state index contributed by atoms with van der Waals surface area (Å²) in [6.45, 7) is 10.2. The van der Waals surface area contributed by atoms with Gasteiger partial charge < -0.3 is 10.1 Å². The molecular weight excluding hydrogens is 310 g/mol. The fourth-order valence-corrected chi connectivity index (χ4v) is 2.74. The summed E-state index contributed by atoms with van der Waals surface area (Å²) in [7, 11) is 0. The number of carbonyl (C=O) groups excluding carboxylic acids is 2. The molecule has 1 N–H and O–H groups in total. The van der Waals surface area contributed by atoms with Gasteiger partial charge in [-0.3, -0.25) is 9.59 Å². The van der Waals surface area contributed by atoms with Crippen LogP contribution in [0.3, 0.4) is 0 Å². The van der Waals surface area contributed by atoms with E-state index in [1.807, 2.05) is 26.0 Å². The average Bonchev–Trinajstić information content (AvgIpc) is 2.48. The van der Waals surface area contributed by atoms with Gasteiger partial charge in [0.05, 0.1) is 12.4 Å². The number of rotatable bonds is 9. The van der Waals surface area contributed by atoms with Gasteiger partial charge in [0.2, 0.25) is 5.91 Å². The second-order valence-corrected chi connectivity index (χ2v) is 6.89. The van der Waals surface area contributed by atoms with E-state index >= 15 is 0 Å². The lowest BCUT2D eigenvalue weighted by Gasteiger charge is -2.17. The van der Waals surface area contributed by atoms with Crippen LogP contribution < -0.4 is 10.1 Å². The minimum absolute atomic E-state index is 0.0304. The minimum Gasteiger partial charge on any atom is -0.494 e. The lowest BCUT2D eigenvalue weighted by molar-refractivity contribution is -0.119. The Morgan fingerprint density at radius 2 is 1.96 bits per heavy atom. The molecule has 0 aliphatic rings.